The molecule has 2 fully saturated rings. The van der Waals surface area contributed by atoms with Gasteiger partial charge in [0.25, 0.3) is 0 Å². The third kappa shape index (κ3) is 8.84. The summed E-state index contributed by atoms with van der Waals surface area (Å²) < 4.78 is 10.9. The minimum atomic E-state index is 0. The highest BCUT2D eigenvalue weighted by atomic mass is 127. The number of ether oxygens (including phenoxy) is 2. The molecule has 0 saturated carbocycles. The monoisotopic (exact) mass is 545 g/mol. The lowest BCUT2D eigenvalue weighted by atomic mass is 10.0. The second-order valence-corrected chi connectivity index (χ2v) is 8.47. The molecule has 0 aliphatic carbocycles. The summed E-state index contributed by atoms with van der Waals surface area (Å²) in [6, 6.07) is 9.36. The van der Waals surface area contributed by atoms with E-state index in [1.807, 2.05) is 7.05 Å². The predicted octanol–water partition coefficient (Wildman–Crippen LogP) is 2.16. The molecule has 8 heteroatoms. The zero-order chi connectivity index (χ0) is 21.2. The van der Waals surface area contributed by atoms with Gasteiger partial charge in [-0.3, -0.25) is 14.8 Å². The lowest BCUT2D eigenvalue weighted by molar-refractivity contribution is 0.00752. The van der Waals surface area contributed by atoms with Gasteiger partial charge in [0.2, 0.25) is 0 Å². The van der Waals surface area contributed by atoms with Crippen LogP contribution in [0.5, 0.6) is 0 Å². The van der Waals surface area contributed by atoms with Crippen LogP contribution < -0.4 is 10.6 Å². The molecule has 3 rings (SSSR count). The number of halogens is 1. The first kappa shape index (κ1) is 26.3. The number of hydrogen-bond acceptors (Lipinski definition) is 5. The summed E-state index contributed by atoms with van der Waals surface area (Å²) in [6.07, 6.45) is 0. The van der Waals surface area contributed by atoms with E-state index >= 15 is 0 Å². The van der Waals surface area contributed by atoms with Gasteiger partial charge < -0.3 is 20.1 Å². The van der Waals surface area contributed by atoms with Gasteiger partial charge in [0.05, 0.1) is 26.4 Å². The zero-order valence-electron chi connectivity index (χ0n) is 19.3. The SMILES string of the molecule is CN=C(NCc1ccc(CN2CCOCC2)cc1)NCC(C(C)C)N1CCOCC1.I. The molecule has 176 valence electrons. The quantitative estimate of drug-likeness (QED) is 0.297. The number of hydrogen-bond donors (Lipinski definition) is 2. The van der Waals surface area contributed by atoms with Crippen LogP contribution in [-0.4, -0.2) is 88.0 Å². The summed E-state index contributed by atoms with van der Waals surface area (Å²) in [5, 5.41) is 6.97. The Hall–Kier alpha value is -0.940. The molecule has 0 radical (unpaired) electrons. The van der Waals surface area contributed by atoms with Crippen LogP contribution in [-0.2, 0) is 22.6 Å². The minimum absolute atomic E-state index is 0. The van der Waals surface area contributed by atoms with Crippen molar-refractivity contribution in [2.24, 2.45) is 10.9 Å². The number of rotatable bonds is 8. The number of benzene rings is 1. The first-order valence-corrected chi connectivity index (χ1v) is 11.3. The first-order valence-electron chi connectivity index (χ1n) is 11.3. The van der Waals surface area contributed by atoms with Crippen LogP contribution in [0.3, 0.4) is 0 Å². The van der Waals surface area contributed by atoms with E-state index in [-0.39, 0.29) is 24.0 Å². The number of morpholine rings is 2. The lowest BCUT2D eigenvalue weighted by Crippen LogP contribution is -2.52. The maximum Gasteiger partial charge on any atom is 0.191 e. The normalized spacial score (nSPS) is 19.7. The second kappa shape index (κ2) is 14.3. The molecule has 2 aliphatic rings. The van der Waals surface area contributed by atoms with Crippen LogP contribution in [0, 0.1) is 5.92 Å². The van der Waals surface area contributed by atoms with Crippen LogP contribution >= 0.6 is 24.0 Å². The molecule has 0 bridgehead atoms. The van der Waals surface area contributed by atoms with Crippen molar-refractivity contribution in [3.05, 3.63) is 35.4 Å². The van der Waals surface area contributed by atoms with Gasteiger partial charge in [-0.15, -0.1) is 24.0 Å². The minimum Gasteiger partial charge on any atom is -0.379 e. The fraction of sp³-hybridized carbons (Fsp3) is 0.696. The molecule has 0 amide bonds. The Labute approximate surface area is 205 Å². The summed E-state index contributed by atoms with van der Waals surface area (Å²) in [6.45, 7) is 14.6. The Bertz CT molecular complexity index is 644. The number of nitrogens with one attached hydrogen (secondary N) is 2. The summed E-state index contributed by atoms with van der Waals surface area (Å²) in [4.78, 5) is 9.38. The van der Waals surface area contributed by atoms with Crippen molar-refractivity contribution in [3.63, 3.8) is 0 Å². The molecule has 2 saturated heterocycles. The lowest BCUT2D eigenvalue weighted by Gasteiger charge is -2.37. The summed E-state index contributed by atoms with van der Waals surface area (Å²) >= 11 is 0. The van der Waals surface area contributed by atoms with Crippen molar-refractivity contribution < 1.29 is 9.47 Å². The maximum atomic E-state index is 5.51. The van der Waals surface area contributed by atoms with Crippen LogP contribution in [0.2, 0.25) is 0 Å². The molecule has 1 unspecified atom stereocenters. The van der Waals surface area contributed by atoms with E-state index in [0.717, 1.165) is 78.2 Å². The van der Waals surface area contributed by atoms with Crippen molar-refractivity contribution >= 4 is 29.9 Å². The molecule has 2 N–H and O–H groups in total. The van der Waals surface area contributed by atoms with Gasteiger partial charge >= 0.3 is 0 Å². The highest BCUT2D eigenvalue weighted by Crippen LogP contribution is 2.12. The fourth-order valence-corrected chi connectivity index (χ4v) is 4.08. The smallest absolute Gasteiger partial charge is 0.191 e. The Morgan fingerprint density at radius 1 is 0.935 bits per heavy atom. The van der Waals surface area contributed by atoms with Crippen LogP contribution in [0.15, 0.2) is 29.3 Å². The summed E-state index contributed by atoms with van der Waals surface area (Å²) in [7, 11) is 1.83. The zero-order valence-corrected chi connectivity index (χ0v) is 21.6. The van der Waals surface area contributed by atoms with Crippen LogP contribution in [0.25, 0.3) is 0 Å². The van der Waals surface area contributed by atoms with E-state index < -0.39 is 0 Å². The molecule has 1 atom stereocenters. The Morgan fingerprint density at radius 2 is 1.52 bits per heavy atom. The van der Waals surface area contributed by atoms with Gasteiger partial charge in [0.15, 0.2) is 5.96 Å². The Balaban J connectivity index is 0.00000341. The van der Waals surface area contributed by atoms with Crippen molar-refractivity contribution in [1.29, 1.82) is 0 Å². The predicted molar refractivity (Wildman–Crippen MR) is 137 cm³/mol. The third-order valence-electron chi connectivity index (χ3n) is 5.98. The molecular weight excluding hydrogens is 505 g/mol. The van der Waals surface area contributed by atoms with E-state index in [1.54, 1.807) is 0 Å². The van der Waals surface area contributed by atoms with E-state index in [1.165, 1.54) is 11.1 Å². The highest BCUT2D eigenvalue weighted by molar-refractivity contribution is 14.0. The molecule has 31 heavy (non-hydrogen) atoms. The molecule has 0 aromatic heterocycles. The number of guanidine groups is 1. The highest BCUT2D eigenvalue weighted by Gasteiger charge is 2.23. The van der Waals surface area contributed by atoms with Gasteiger partial charge in [-0.25, -0.2) is 0 Å². The topological polar surface area (TPSA) is 61.4 Å². The van der Waals surface area contributed by atoms with E-state index in [2.05, 4.69) is 63.5 Å². The molecule has 2 heterocycles. The number of aliphatic imine (C=N–C) groups is 1. The molecule has 7 nitrogen and oxygen atoms in total. The first-order chi connectivity index (χ1) is 14.7. The van der Waals surface area contributed by atoms with Gasteiger partial charge in [0, 0.05) is 58.9 Å². The summed E-state index contributed by atoms with van der Waals surface area (Å²) in [5.74, 6) is 1.43. The average Bonchev–Trinajstić information content (AvgIpc) is 2.78. The molecule has 2 aliphatic heterocycles. The van der Waals surface area contributed by atoms with Gasteiger partial charge in [-0.05, 0) is 17.0 Å². The Morgan fingerprint density at radius 3 is 2.10 bits per heavy atom. The van der Waals surface area contributed by atoms with Gasteiger partial charge in [-0.2, -0.15) is 0 Å². The van der Waals surface area contributed by atoms with Gasteiger partial charge in [0.1, 0.15) is 0 Å². The van der Waals surface area contributed by atoms with Crippen LogP contribution in [0.4, 0.5) is 0 Å². The summed E-state index contributed by atoms with van der Waals surface area (Å²) in [5.41, 5.74) is 2.62. The molecule has 1 aromatic carbocycles. The molecule has 1 aromatic rings. The Kier molecular flexibility index (Phi) is 12.1. The third-order valence-corrected chi connectivity index (χ3v) is 5.98. The average molecular weight is 546 g/mol. The second-order valence-electron chi connectivity index (χ2n) is 8.47. The van der Waals surface area contributed by atoms with Crippen LogP contribution in [0.1, 0.15) is 25.0 Å². The molecular formula is C23H40IN5O2. The van der Waals surface area contributed by atoms with Gasteiger partial charge in [-0.1, -0.05) is 38.1 Å². The fourth-order valence-electron chi connectivity index (χ4n) is 4.08. The van der Waals surface area contributed by atoms with Crippen molar-refractivity contribution in [1.82, 2.24) is 20.4 Å². The molecule has 0 spiro atoms. The van der Waals surface area contributed by atoms with Crippen molar-refractivity contribution in [3.8, 4) is 0 Å². The van der Waals surface area contributed by atoms with Crippen molar-refractivity contribution in [2.75, 3.05) is 66.2 Å². The maximum absolute atomic E-state index is 5.51. The van der Waals surface area contributed by atoms with E-state index in [4.69, 9.17) is 9.47 Å². The standard InChI is InChI=1S/C23H39N5O2.HI/c1-19(2)22(28-10-14-30-15-11-28)17-26-23(24-3)25-16-20-4-6-21(7-5-20)18-27-8-12-29-13-9-27;/h4-7,19,22H,8-18H2,1-3H3,(H2,24,25,26);1H. The van der Waals surface area contributed by atoms with E-state index in [9.17, 15) is 0 Å². The van der Waals surface area contributed by atoms with Crippen molar-refractivity contribution in [2.45, 2.75) is 33.0 Å². The largest absolute Gasteiger partial charge is 0.379 e. The number of nitrogens with zero attached hydrogens (tertiary/aromatic N) is 3. The van der Waals surface area contributed by atoms with E-state index in [0.29, 0.717) is 12.0 Å².